The molecule has 0 aliphatic carbocycles. The van der Waals surface area contributed by atoms with Crippen LogP contribution in [-0.4, -0.2) is 29.2 Å². The molecule has 0 bridgehead atoms. The van der Waals surface area contributed by atoms with Crippen molar-refractivity contribution in [3.63, 3.8) is 0 Å². The molecule has 0 aromatic heterocycles. The summed E-state index contributed by atoms with van der Waals surface area (Å²) >= 11 is 12.7. The number of para-hydroxylation sites is 1. The van der Waals surface area contributed by atoms with Gasteiger partial charge in [-0.15, -0.1) is 0 Å². The molecule has 0 unspecified atom stereocenters. The Bertz CT molecular complexity index is 884. The van der Waals surface area contributed by atoms with Crippen LogP contribution in [0.15, 0.2) is 47.4 Å². The summed E-state index contributed by atoms with van der Waals surface area (Å²) in [4.78, 5) is 25.7. The zero-order valence-electron chi connectivity index (χ0n) is 13.2. The Labute approximate surface area is 163 Å². The molecule has 2 aromatic carbocycles. The summed E-state index contributed by atoms with van der Waals surface area (Å²) in [6.45, 7) is 0.147. The first-order valence-corrected chi connectivity index (χ1v) is 9.11. The molecule has 4 nitrogen and oxygen atoms in total. The second-order valence-corrected chi connectivity index (χ2v) is 7.06. The monoisotopic (exact) mass is 411 g/mol. The van der Waals surface area contributed by atoms with Crippen molar-refractivity contribution < 1.29 is 18.7 Å². The van der Waals surface area contributed by atoms with Crippen LogP contribution in [0.25, 0.3) is 6.08 Å². The number of amides is 2. The number of carbonyl (C=O) groups excluding carboxylic acids is 2. The highest BCUT2D eigenvalue weighted by Crippen LogP contribution is 2.34. The van der Waals surface area contributed by atoms with Crippen LogP contribution in [0.2, 0.25) is 10.0 Å². The van der Waals surface area contributed by atoms with Crippen molar-refractivity contribution in [2.45, 2.75) is 0 Å². The average Bonchev–Trinajstić information content (AvgIpc) is 2.87. The third kappa shape index (κ3) is 4.03. The van der Waals surface area contributed by atoms with E-state index in [4.69, 9.17) is 27.9 Å². The molecule has 1 heterocycles. The third-order valence-corrected chi connectivity index (χ3v) is 5.11. The van der Waals surface area contributed by atoms with Gasteiger partial charge in [-0.1, -0.05) is 41.4 Å². The molecular weight excluding hydrogens is 400 g/mol. The first-order chi connectivity index (χ1) is 12.5. The summed E-state index contributed by atoms with van der Waals surface area (Å²) in [5.41, 5.74) is 0.0759. The van der Waals surface area contributed by atoms with Crippen molar-refractivity contribution in [1.29, 1.82) is 0 Å². The molecule has 8 heteroatoms. The van der Waals surface area contributed by atoms with Gasteiger partial charge in [0, 0.05) is 5.56 Å². The van der Waals surface area contributed by atoms with Gasteiger partial charge in [0.2, 0.25) is 0 Å². The van der Waals surface area contributed by atoms with E-state index < -0.39 is 17.0 Å². The molecule has 1 fully saturated rings. The Morgan fingerprint density at radius 1 is 1.08 bits per heavy atom. The highest BCUT2D eigenvalue weighted by molar-refractivity contribution is 8.18. The van der Waals surface area contributed by atoms with Crippen molar-refractivity contribution in [3.05, 3.63) is 68.8 Å². The molecule has 1 saturated heterocycles. The van der Waals surface area contributed by atoms with Crippen LogP contribution in [-0.2, 0) is 4.79 Å². The maximum Gasteiger partial charge on any atom is 0.293 e. The Balaban J connectivity index is 1.69. The lowest BCUT2D eigenvalue weighted by atomic mass is 10.2. The average molecular weight is 412 g/mol. The Kier molecular flexibility index (Phi) is 5.86. The molecule has 0 spiro atoms. The van der Waals surface area contributed by atoms with Crippen LogP contribution in [0.3, 0.4) is 0 Å². The van der Waals surface area contributed by atoms with Crippen LogP contribution < -0.4 is 4.74 Å². The van der Waals surface area contributed by atoms with E-state index in [1.54, 1.807) is 24.3 Å². The van der Waals surface area contributed by atoms with Crippen molar-refractivity contribution >= 4 is 52.2 Å². The minimum atomic E-state index is -0.564. The van der Waals surface area contributed by atoms with Gasteiger partial charge >= 0.3 is 0 Å². The SMILES string of the molecule is O=C1S/C(=C\c2c(F)cccc2Cl)C(=O)N1CCOc1ccccc1Cl. The maximum atomic E-state index is 13.9. The van der Waals surface area contributed by atoms with E-state index in [-0.39, 0.29) is 28.6 Å². The van der Waals surface area contributed by atoms with E-state index in [0.717, 1.165) is 16.7 Å². The molecule has 0 radical (unpaired) electrons. The van der Waals surface area contributed by atoms with Crippen LogP contribution in [0, 0.1) is 5.82 Å². The lowest BCUT2D eigenvalue weighted by Crippen LogP contribution is -2.32. The number of benzene rings is 2. The third-order valence-electron chi connectivity index (χ3n) is 3.56. The zero-order chi connectivity index (χ0) is 18.7. The van der Waals surface area contributed by atoms with Crippen LogP contribution >= 0.6 is 35.0 Å². The fourth-order valence-corrected chi connectivity index (χ4v) is 3.54. The van der Waals surface area contributed by atoms with Gasteiger partial charge < -0.3 is 4.74 Å². The summed E-state index contributed by atoms with van der Waals surface area (Å²) < 4.78 is 19.4. The molecular formula is C18H12Cl2FNO3S. The summed E-state index contributed by atoms with van der Waals surface area (Å²) in [6.07, 6.45) is 1.29. The molecule has 3 rings (SSSR count). The first kappa shape index (κ1) is 18.8. The van der Waals surface area contributed by atoms with Gasteiger partial charge in [0.15, 0.2) is 0 Å². The summed E-state index contributed by atoms with van der Waals surface area (Å²) in [5, 5.41) is 0.158. The lowest BCUT2D eigenvalue weighted by Gasteiger charge is -2.13. The number of thioether (sulfide) groups is 1. The molecule has 2 aromatic rings. The molecule has 0 saturated carbocycles. The standard InChI is InChI=1S/C18H12Cl2FNO3S/c19-12-5-3-6-14(21)11(12)10-16-17(23)22(18(24)26-16)8-9-25-15-7-2-1-4-13(15)20/h1-7,10H,8-9H2/b16-10-. The quantitative estimate of drug-likeness (QED) is 0.630. The largest absolute Gasteiger partial charge is 0.490 e. The van der Waals surface area contributed by atoms with E-state index in [1.807, 2.05) is 0 Å². The number of hydrogen-bond donors (Lipinski definition) is 0. The zero-order valence-corrected chi connectivity index (χ0v) is 15.6. The molecule has 2 amide bonds. The number of imide groups is 1. The Morgan fingerprint density at radius 3 is 2.54 bits per heavy atom. The van der Waals surface area contributed by atoms with Crippen LogP contribution in [0.1, 0.15) is 5.56 Å². The number of rotatable bonds is 5. The van der Waals surface area contributed by atoms with Gasteiger partial charge in [-0.2, -0.15) is 0 Å². The summed E-state index contributed by atoms with van der Waals surface area (Å²) in [7, 11) is 0. The minimum absolute atomic E-state index is 0.0538. The first-order valence-electron chi connectivity index (χ1n) is 7.54. The van der Waals surface area contributed by atoms with Gasteiger partial charge in [-0.25, -0.2) is 4.39 Å². The van der Waals surface area contributed by atoms with E-state index in [9.17, 15) is 14.0 Å². The number of hydrogen-bond acceptors (Lipinski definition) is 4. The second kappa shape index (κ2) is 8.12. The van der Waals surface area contributed by atoms with Gasteiger partial charge in [0.05, 0.1) is 21.5 Å². The second-order valence-electron chi connectivity index (χ2n) is 5.25. The number of carbonyl (C=O) groups is 2. The summed E-state index contributed by atoms with van der Waals surface area (Å²) in [6, 6.07) is 11.1. The fourth-order valence-electron chi connectivity index (χ4n) is 2.28. The highest BCUT2D eigenvalue weighted by atomic mass is 35.5. The normalized spacial score (nSPS) is 15.8. The predicted molar refractivity (Wildman–Crippen MR) is 101 cm³/mol. The van der Waals surface area contributed by atoms with Crippen molar-refractivity contribution in [3.8, 4) is 5.75 Å². The topological polar surface area (TPSA) is 46.6 Å². The number of nitrogens with zero attached hydrogens (tertiary/aromatic N) is 1. The van der Waals surface area contributed by atoms with Gasteiger partial charge in [0.25, 0.3) is 11.1 Å². The predicted octanol–water partition coefficient (Wildman–Crippen LogP) is 5.25. The van der Waals surface area contributed by atoms with Gasteiger partial charge in [-0.05, 0) is 42.1 Å². The smallest absolute Gasteiger partial charge is 0.293 e. The number of ether oxygens (including phenoxy) is 1. The van der Waals surface area contributed by atoms with Crippen molar-refractivity contribution in [2.75, 3.05) is 13.2 Å². The van der Waals surface area contributed by atoms with Crippen molar-refractivity contribution in [1.82, 2.24) is 4.90 Å². The molecule has 134 valence electrons. The Hall–Kier alpha value is -2.02. The minimum Gasteiger partial charge on any atom is -0.490 e. The fraction of sp³-hybridized carbons (Fsp3) is 0.111. The van der Waals surface area contributed by atoms with E-state index >= 15 is 0 Å². The van der Waals surface area contributed by atoms with E-state index in [2.05, 4.69) is 0 Å². The van der Waals surface area contributed by atoms with Crippen LogP contribution in [0.4, 0.5) is 9.18 Å². The molecule has 1 aliphatic rings. The molecule has 1 aliphatic heterocycles. The Morgan fingerprint density at radius 2 is 1.81 bits per heavy atom. The molecule has 0 atom stereocenters. The highest BCUT2D eigenvalue weighted by Gasteiger charge is 2.35. The number of halogens is 3. The summed E-state index contributed by atoms with van der Waals surface area (Å²) in [5.74, 6) is -0.608. The lowest BCUT2D eigenvalue weighted by molar-refractivity contribution is -0.123. The van der Waals surface area contributed by atoms with Crippen LogP contribution in [0.5, 0.6) is 5.75 Å². The van der Waals surface area contributed by atoms with Gasteiger partial charge in [0.1, 0.15) is 18.2 Å². The van der Waals surface area contributed by atoms with E-state index in [0.29, 0.717) is 10.8 Å². The molecule has 26 heavy (non-hydrogen) atoms. The van der Waals surface area contributed by atoms with Crippen molar-refractivity contribution in [2.24, 2.45) is 0 Å². The maximum absolute atomic E-state index is 13.9. The molecule has 0 N–H and O–H groups in total. The van der Waals surface area contributed by atoms with Gasteiger partial charge in [-0.3, -0.25) is 14.5 Å². The van der Waals surface area contributed by atoms with E-state index in [1.165, 1.54) is 24.3 Å².